The van der Waals surface area contributed by atoms with Crippen LogP contribution in [0.5, 0.6) is 0 Å². The first-order chi connectivity index (χ1) is 5.91. The third kappa shape index (κ3) is 2.83. The molecule has 1 aliphatic carbocycles. The van der Waals surface area contributed by atoms with Gasteiger partial charge in [0.25, 0.3) is 0 Å². The van der Waals surface area contributed by atoms with Gasteiger partial charge in [-0.15, -0.1) is 0 Å². The molecule has 0 aromatic carbocycles. The summed E-state index contributed by atoms with van der Waals surface area (Å²) in [6, 6.07) is 0. The highest BCUT2D eigenvalue weighted by atomic mass is 16.1. The zero-order valence-corrected chi connectivity index (χ0v) is 8.92. The van der Waals surface area contributed by atoms with Gasteiger partial charge >= 0.3 is 0 Å². The second-order valence-corrected chi connectivity index (χ2v) is 4.80. The lowest BCUT2D eigenvalue weighted by Crippen LogP contribution is -2.18. The van der Waals surface area contributed by atoms with Crippen LogP contribution in [0.15, 0.2) is 23.8 Å². The summed E-state index contributed by atoms with van der Waals surface area (Å²) in [6.45, 7) is 8.52. The molecule has 0 aliphatic heterocycles. The highest BCUT2D eigenvalue weighted by Gasteiger charge is 2.24. The van der Waals surface area contributed by atoms with Gasteiger partial charge < -0.3 is 0 Å². The average Bonchev–Trinajstić information content (AvgIpc) is 1.95. The second kappa shape index (κ2) is 3.49. The standard InChI is InChI=1S/C12H18O/c1-9(2)7-10-8-12(3,4)6-5-11(10)13/h5-7,9H,8H2,1-4H3/b10-7+. The minimum atomic E-state index is 0.147. The fraction of sp³-hybridized carbons (Fsp3) is 0.583. The van der Waals surface area contributed by atoms with E-state index in [0.29, 0.717) is 5.92 Å². The fourth-order valence-electron chi connectivity index (χ4n) is 1.59. The van der Waals surface area contributed by atoms with E-state index in [9.17, 15) is 4.79 Å². The molecule has 1 aliphatic rings. The molecule has 1 heteroatoms. The molecule has 0 saturated heterocycles. The zero-order chi connectivity index (χ0) is 10.1. The number of carbonyl (C=O) groups is 1. The molecule has 0 bridgehead atoms. The highest BCUT2D eigenvalue weighted by molar-refractivity contribution is 6.05. The molecule has 0 aromatic rings. The van der Waals surface area contributed by atoms with Gasteiger partial charge in [-0.3, -0.25) is 4.79 Å². The van der Waals surface area contributed by atoms with Crippen LogP contribution in [0.3, 0.4) is 0 Å². The Bertz CT molecular complexity index is 267. The zero-order valence-electron chi connectivity index (χ0n) is 8.92. The topological polar surface area (TPSA) is 17.1 Å². The smallest absolute Gasteiger partial charge is 0.181 e. The normalized spacial score (nSPS) is 24.4. The van der Waals surface area contributed by atoms with E-state index in [0.717, 1.165) is 12.0 Å². The van der Waals surface area contributed by atoms with Crippen LogP contribution >= 0.6 is 0 Å². The van der Waals surface area contributed by atoms with E-state index in [1.165, 1.54) is 0 Å². The van der Waals surface area contributed by atoms with Crippen molar-refractivity contribution in [3.63, 3.8) is 0 Å². The molecule has 72 valence electrons. The van der Waals surface area contributed by atoms with Crippen LogP contribution < -0.4 is 0 Å². The van der Waals surface area contributed by atoms with Crippen molar-refractivity contribution in [2.45, 2.75) is 34.1 Å². The van der Waals surface area contributed by atoms with Crippen molar-refractivity contribution in [2.75, 3.05) is 0 Å². The highest BCUT2D eigenvalue weighted by Crippen LogP contribution is 2.31. The number of hydrogen-bond donors (Lipinski definition) is 0. The second-order valence-electron chi connectivity index (χ2n) is 4.80. The number of allylic oxidation sites excluding steroid dienone is 4. The molecular weight excluding hydrogens is 160 g/mol. The summed E-state index contributed by atoms with van der Waals surface area (Å²) < 4.78 is 0. The van der Waals surface area contributed by atoms with Crippen molar-refractivity contribution in [1.29, 1.82) is 0 Å². The molecule has 0 unspecified atom stereocenters. The summed E-state index contributed by atoms with van der Waals surface area (Å²) in [5.74, 6) is 0.647. The Morgan fingerprint density at radius 3 is 2.62 bits per heavy atom. The van der Waals surface area contributed by atoms with Gasteiger partial charge in [0.2, 0.25) is 0 Å². The van der Waals surface area contributed by atoms with E-state index < -0.39 is 0 Å². The molecule has 0 spiro atoms. The summed E-state index contributed by atoms with van der Waals surface area (Å²) in [4.78, 5) is 11.5. The summed E-state index contributed by atoms with van der Waals surface area (Å²) in [6.07, 6.45) is 6.67. The number of hydrogen-bond acceptors (Lipinski definition) is 1. The minimum Gasteiger partial charge on any atom is -0.290 e. The molecule has 0 amide bonds. The number of carbonyl (C=O) groups excluding carboxylic acids is 1. The van der Waals surface area contributed by atoms with Gasteiger partial charge in [0.15, 0.2) is 5.78 Å². The summed E-state index contributed by atoms with van der Waals surface area (Å²) >= 11 is 0. The van der Waals surface area contributed by atoms with Gasteiger partial charge in [0.1, 0.15) is 0 Å². The third-order valence-electron chi connectivity index (χ3n) is 2.18. The predicted octanol–water partition coefficient (Wildman–Crippen LogP) is 3.12. The van der Waals surface area contributed by atoms with E-state index in [2.05, 4.69) is 33.8 Å². The Labute approximate surface area is 80.5 Å². The van der Waals surface area contributed by atoms with E-state index in [-0.39, 0.29) is 11.2 Å². The number of ketones is 1. The average molecular weight is 178 g/mol. The largest absolute Gasteiger partial charge is 0.290 e. The lowest BCUT2D eigenvalue weighted by atomic mass is 9.79. The van der Waals surface area contributed by atoms with Crippen molar-refractivity contribution >= 4 is 5.78 Å². The minimum absolute atomic E-state index is 0.147. The maximum atomic E-state index is 11.5. The van der Waals surface area contributed by atoms with E-state index in [1.54, 1.807) is 6.08 Å². The van der Waals surface area contributed by atoms with Crippen LogP contribution in [-0.2, 0) is 4.79 Å². The van der Waals surface area contributed by atoms with Gasteiger partial charge in [-0.25, -0.2) is 0 Å². The van der Waals surface area contributed by atoms with Gasteiger partial charge in [-0.1, -0.05) is 39.8 Å². The Balaban J connectivity index is 2.90. The fourth-order valence-corrected chi connectivity index (χ4v) is 1.59. The first kappa shape index (κ1) is 10.2. The SMILES string of the molecule is CC(C)/C=C1\CC(C)(C)C=CC1=O. The van der Waals surface area contributed by atoms with Crippen LogP contribution in [0.1, 0.15) is 34.1 Å². The van der Waals surface area contributed by atoms with Crippen molar-refractivity contribution in [2.24, 2.45) is 11.3 Å². The molecule has 1 rings (SSSR count). The molecule has 0 aromatic heterocycles. The maximum absolute atomic E-state index is 11.5. The molecule has 0 radical (unpaired) electrons. The number of rotatable bonds is 1. The third-order valence-corrected chi connectivity index (χ3v) is 2.18. The molecule has 1 nitrogen and oxygen atoms in total. The van der Waals surface area contributed by atoms with Gasteiger partial charge in [0.05, 0.1) is 0 Å². The molecule has 0 heterocycles. The summed E-state index contributed by atoms with van der Waals surface area (Å²) in [7, 11) is 0. The molecule has 0 fully saturated rings. The van der Waals surface area contributed by atoms with Gasteiger partial charge in [-0.05, 0) is 29.4 Å². The van der Waals surface area contributed by atoms with Crippen LogP contribution in [0.4, 0.5) is 0 Å². The monoisotopic (exact) mass is 178 g/mol. The van der Waals surface area contributed by atoms with Gasteiger partial charge in [-0.2, -0.15) is 0 Å². The summed E-state index contributed by atoms with van der Waals surface area (Å²) in [5.41, 5.74) is 1.12. The first-order valence-corrected chi connectivity index (χ1v) is 4.85. The predicted molar refractivity (Wildman–Crippen MR) is 55.5 cm³/mol. The molecular formula is C12H18O. The lowest BCUT2D eigenvalue weighted by molar-refractivity contribution is -0.112. The Kier molecular flexibility index (Phi) is 2.74. The van der Waals surface area contributed by atoms with Crippen molar-refractivity contribution in [3.8, 4) is 0 Å². The Morgan fingerprint density at radius 1 is 1.46 bits per heavy atom. The lowest BCUT2D eigenvalue weighted by Gasteiger charge is -2.25. The quantitative estimate of drug-likeness (QED) is 0.564. The van der Waals surface area contributed by atoms with Crippen LogP contribution in [0.2, 0.25) is 0 Å². The van der Waals surface area contributed by atoms with Crippen LogP contribution in [0, 0.1) is 11.3 Å². The van der Waals surface area contributed by atoms with E-state index >= 15 is 0 Å². The van der Waals surface area contributed by atoms with E-state index in [4.69, 9.17) is 0 Å². The Morgan fingerprint density at radius 2 is 2.08 bits per heavy atom. The van der Waals surface area contributed by atoms with Crippen LogP contribution in [0.25, 0.3) is 0 Å². The maximum Gasteiger partial charge on any atom is 0.181 e. The van der Waals surface area contributed by atoms with Crippen molar-refractivity contribution in [1.82, 2.24) is 0 Å². The summed E-state index contributed by atoms with van der Waals surface area (Å²) in [5, 5.41) is 0. The van der Waals surface area contributed by atoms with Crippen LogP contribution in [-0.4, -0.2) is 5.78 Å². The first-order valence-electron chi connectivity index (χ1n) is 4.85. The van der Waals surface area contributed by atoms with Crippen molar-refractivity contribution < 1.29 is 4.79 Å². The molecule has 0 saturated carbocycles. The molecule has 0 atom stereocenters. The van der Waals surface area contributed by atoms with Gasteiger partial charge in [0, 0.05) is 0 Å². The molecule has 13 heavy (non-hydrogen) atoms. The molecule has 0 N–H and O–H groups in total. The Hall–Kier alpha value is -0.850. The van der Waals surface area contributed by atoms with Crippen molar-refractivity contribution in [3.05, 3.63) is 23.8 Å². The van der Waals surface area contributed by atoms with E-state index in [1.807, 2.05) is 6.08 Å².